The second kappa shape index (κ2) is 1.51. The van der Waals surface area contributed by atoms with E-state index >= 15 is 0 Å². The second-order valence-corrected chi connectivity index (χ2v) is 0.906. The predicted molar refractivity (Wildman–Crippen MR) is 23.0 cm³/mol. The number of rotatable bonds is 1. The number of nitrogens with zero attached hydrogens (tertiary/aromatic N) is 4. The first-order chi connectivity index (χ1) is 3.43. The lowest BCUT2D eigenvalue weighted by molar-refractivity contribution is 0.818. The summed E-state index contributed by atoms with van der Waals surface area (Å²) in [4.78, 5) is 0. The highest BCUT2D eigenvalue weighted by atomic mass is 15.5. The van der Waals surface area contributed by atoms with Crippen molar-refractivity contribution in [3.63, 3.8) is 0 Å². The summed E-state index contributed by atoms with van der Waals surface area (Å²) in [5.74, 6) is 0. The molecule has 0 aliphatic heterocycles. The molecule has 0 fully saturated rings. The summed E-state index contributed by atoms with van der Waals surface area (Å²) in [6, 6.07) is 0. The third-order valence-corrected chi connectivity index (χ3v) is 0.501. The van der Waals surface area contributed by atoms with Crippen LogP contribution in [-0.2, 0) is 0 Å². The van der Waals surface area contributed by atoms with Gasteiger partial charge in [0.25, 0.3) is 0 Å². The van der Waals surface area contributed by atoms with E-state index in [4.69, 9.17) is 0 Å². The van der Waals surface area contributed by atoms with Gasteiger partial charge in [0.1, 0.15) is 0 Å². The maximum atomic E-state index is 3.42. The van der Waals surface area contributed by atoms with Crippen LogP contribution in [0, 0.1) is 6.33 Å². The number of hydrogen-bond acceptors (Lipinski definition) is 3. The highest BCUT2D eigenvalue weighted by Gasteiger charge is 1.78. The zero-order valence-corrected chi connectivity index (χ0v) is 3.57. The Balaban J connectivity index is 2.96. The Morgan fingerprint density at radius 2 is 2.57 bits per heavy atom. The van der Waals surface area contributed by atoms with Crippen molar-refractivity contribution in [2.75, 3.05) is 0 Å². The second-order valence-electron chi connectivity index (χ2n) is 0.906. The van der Waals surface area contributed by atoms with E-state index in [-0.39, 0.29) is 0 Å². The minimum Gasteiger partial charge on any atom is -0.198 e. The fourth-order valence-corrected chi connectivity index (χ4v) is 0.226. The lowest BCUT2D eigenvalue weighted by atomic mass is 11.0. The Kier molecular flexibility index (Phi) is 0.856. The summed E-state index contributed by atoms with van der Waals surface area (Å²) in [7, 11) is 0. The minimum absolute atomic E-state index is 1.29. The minimum atomic E-state index is 1.29. The number of tetrazole rings is 1. The summed E-state index contributed by atoms with van der Waals surface area (Å²) in [6.07, 6.45) is 3.87. The molecular weight excluding hydrogens is 92.1 g/mol. The first-order valence-electron chi connectivity index (χ1n) is 1.71. The molecule has 1 radical (unpaired) electrons. The molecule has 0 atom stereocenters. The van der Waals surface area contributed by atoms with Crippen molar-refractivity contribution < 1.29 is 0 Å². The molecule has 35 valence electrons. The van der Waals surface area contributed by atoms with Gasteiger partial charge in [-0.3, -0.25) is 0 Å². The highest BCUT2D eigenvalue weighted by molar-refractivity contribution is 5.08. The molecule has 1 heterocycles. The molecule has 1 rings (SSSR count). The van der Waals surface area contributed by atoms with Crippen molar-refractivity contribution in [3.8, 4) is 0 Å². The molecule has 0 saturated carbocycles. The van der Waals surface area contributed by atoms with Crippen LogP contribution >= 0.6 is 0 Å². The van der Waals surface area contributed by atoms with Crippen LogP contribution < -0.4 is 0 Å². The van der Waals surface area contributed by atoms with Gasteiger partial charge < -0.3 is 0 Å². The molecule has 0 bridgehead atoms. The lowest BCUT2D eigenvalue weighted by Gasteiger charge is -1.74. The van der Waals surface area contributed by atoms with E-state index in [1.165, 1.54) is 10.9 Å². The summed E-state index contributed by atoms with van der Waals surface area (Å²) in [5, 5.41) is 9.94. The molecule has 0 spiro atoms. The molecule has 1 aromatic heterocycles. The van der Waals surface area contributed by atoms with E-state index < -0.39 is 0 Å². The van der Waals surface area contributed by atoms with Gasteiger partial charge in [0.2, 0.25) is 6.33 Å². The molecule has 7 heavy (non-hydrogen) atoms. The third-order valence-electron chi connectivity index (χ3n) is 0.501. The quantitative estimate of drug-likeness (QED) is 0.475. The summed E-state index contributed by atoms with van der Waals surface area (Å²) in [6.45, 7) is 3.39. The highest BCUT2D eigenvalue weighted by Crippen LogP contribution is 1.69. The zero-order valence-electron chi connectivity index (χ0n) is 3.57. The summed E-state index contributed by atoms with van der Waals surface area (Å²) < 4.78 is 1.29. The Bertz CT molecular complexity index is 142. The monoisotopic (exact) mass is 95.0 g/mol. The van der Waals surface area contributed by atoms with Crippen molar-refractivity contribution in [2.24, 2.45) is 0 Å². The molecule has 4 nitrogen and oxygen atoms in total. The van der Waals surface area contributed by atoms with E-state index in [0.717, 1.165) is 0 Å². The molecule has 0 amide bonds. The first kappa shape index (κ1) is 3.98. The summed E-state index contributed by atoms with van der Waals surface area (Å²) in [5.41, 5.74) is 0. The van der Waals surface area contributed by atoms with Crippen molar-refractivity contribution in [3.05, 3.63) is 12.9 Å². The van der Waals surface area contributed by atoms with Gasteiger partial charge in [-0.15, -0.1) is 5.10 Å². The molecule has 0 aromatic carbocycles. The van der Waals surface area contributed by atoms with Crippen molar-refractivity contribution >= 4 is 6.20 Å². The predicted octanol–water partition coefficient (Wildman–Crippen LogP) is -0.426. The number of aromatic nitrogens is 4. The Morgan fingerprint density at radius 3 is 2.86 bits per heavy atom. The van der Waals surface area contributed by atoms with Crippen LogP contribution in [0.5, 0.6) is 0 Å². The first-order valence-corrected chi connectivity index (χ1v) is 1.71. The van der Waals surface area contributed by atoms with Crippen LogP contribution in [0.2, 0.25) is 0 Å². The smallest absolute Gasteiger partial charge is 0.198 e. The van der Waals surface area contributed by atoms with Gasteiger partial charge in [-0.25, -0.2) is 0 Å². The van der Waals surface area contributed by atoms with Gasteiger partial charge in [-0.1, -0.05) is 6.58 Å². The van der Waals surface area contributed by atoms with Crippen LogP contribution in [0.4, 0.5) is 0 Å². The van der Waals surface area contributed by atoms with Gasteiger partial charge in [-0.05, 0) is 10.4 Å². The molecule has 0 saturated heterocycles. The van der Waals surface area contributed by atoms with E-state index in [0.29, 0.717) is 0 Å². The van der Waals surface area contributed by atoms with Crippen LogP contribution in [0.3, 0.4) is 0 Å². The topological polar surface area (TPSA) is 43.6 Å². The van der Waals surface area contributed by atoms with Crippen LogP contribution in [0.25, 0.3) is 6.20 Å². The van der Waals surface area contributed by atoms with Gasteiger partial charge >= 0.3 is 0 Å². The van der Waals surface area contributed by atoms with Gasteiger partial charge in [0.05, 0.1) is 0 Å². The summed E-state index contributed by atoms with van der Waals surface area (Å²) >= 11 is 0. The number of hydrogen-bond donors (Lipinski definition) is 0. The van der Waals surface area contributed by atoms with E-state index in [9.17, 15) is 0 Å². The zero-order chi connectivity index (χ0) is 5.11. The van der Waals surface area contributed by atoms with Gasteiger partial charge in [-0.2, -0.15) is 4.68 Å². The van der Waals surface area contributed by atoms with Crippen molar-refractivity contribution in [1.82, 2.24) is 20.2 Å². The average Bonchev–Trinajstić information content (AvgIpc) is 2.14. The van der Waals surface area contributed by atoms with E-state index in [1.54, 1.807) is 0 Å². The molecular formula is C3H3N4. The Labute approximate surface area is 40.5 Å². The lowest BCUT2D eigenvalue weighted by Crippen LogP contribution is -1.83. The Hall–Kier alpha value is -1.19. The van der Waals surface area contributed by atoms with E-state index in [1.807, 2.05) is 0 Å². The molecule has 0 aliphatic rings. The fraction of sp³-hybridized carbons (Fsp3) is 0. The third kappa shape index (κ3) is 0.623. The van der Waals surface area contributed by atoms with Crippen molar-refractivity contribution in [1.29, 1.82) is 0 Å². The van der Waals surface area contributed by atoms with Gasteiger partial charge in [0.15, 0.2) is 0 Å². The molecule has 4 heteroatoms. The molecule has 0 unspecified atom stereocenters. The normalized spacial score (nSPS) is 8.57. The van der Waals surface area contributed by atoms with Crippen molar-refractivity contribution in [2.45, 2.75) is 0 Å². The molecule has 1 aromatic rings. The molecule has 0 aliphatic carbocycles. The maximum absolute atomic E-state index is 3.42. The maximum Gasteiger partial charge on any atom is 0.226 e. The Morgan fingerprint density at radius 1 is 1.71 bits per heavy atom. The fourth-order valence-electron chi connectivity index (χ4n) is 0.226. The largest absolute Gasteiger partial charge is 0.226 e. The van der Waals surface area contributed by atoms with Crippen LogP contribution in [0.1, 0.15) is 0 Å². The van der Waals surface area contributed by atoms with Gasteiger partial charge in [0, 0.05) is 6.20 Å². The average molecular weight is 95.1 g/mol. The SMILES string of the molecule is C=Cn1[c]nnn1. The van der Waals surface area contributed by atoms with Crippen LogP contribution in [-0.4, -0.2) is 20.2 Å². The standard InChI is InChI=1S/C3H3N4/c1-2-7-3-4-5-6-7/h2H,1H2. The van der Waals surface area contributed by atoms with E-state index in [2.05, 4.69) is 28.4 Å². The van der Waals surface area contributed by atoms with Crippen LogP contribution in [0.15, 0.2) is 6.58 Å². The molecule has 0 N–H and O–H groups in total.